The van der Waals surface area contributed by atoms with Crippen molar-refractivity contribution in [3.8, 4) is 0 Å². The summed E-state index contributed by atoms with van der Waals surface area (Å²) in [6, 6.07) is 3.79. The molecule has 0 aromatic heterocycles. The third-order valence-electron chi connectivity index (χ3n) is 3.00. The number of nitrogens with one attached hydrogen (secondary N) is 2. The van der Waals surface area contributed by atoms with Crippen molar-refractivity contribution in [2.24, 2.45) is 0 Å². The minimum absolute atomic E-state index is 0.0865. The summed E-state index contributed by atoms with van der Waals surface area (Å²) in [5.74, 6) is -0.820. The lowest BCUT2D eigenvalue weighted by Gasteiger charge is -2.18. The van der Waals surface area contributed by atoms with Gasteiger partial charge >= 0.3 is 0 Å². The molecule has 0 aliphatic carbocycles. The van der Waals surface area contributed by atoms with E-state index in [4.69, 9.17) is 5.73 Å². The number of benzene rings is 1. The molecule has 1 aromatic carbocycles. The van der Waals surface area contributed by atoms with Crippen molar-refractivity contribution < 1.29 is 14.0 Å². The molecule has 1 heterocycles. The first-order valence-electron chi connectivity index (χ1n) is 6.38. The first-order valence-corrected chi connectivity index (χ1v) is 6.38. The summed E-state index contributed by atoms with van der Waals surface area (Å²) in [4.78, 5) is 25.0. The molecule has 0 bridgehead atoms. The van der Waals surface area contributed by atoms with Gasteiger partial charge in [-0.15, -0.1) is 0 Å². The highest BCUT2D eigenvalue weighted by molar-refractivity contribution is 5.95. The van der Waals surface area contributed by atoms with Crippen LogP contribution in [0.4, 0.5) is 15.8 Å². The molecule has 1 fully saturated rings. The highest BCUT2D eigenvalue weighted by Crippen LogP contribution is 2.18. The zero-order chi connectivity index (χ0) is 14.5. The maximum Gasteiger partial charge on any atom is 0.238 e. The fourth-order valence-corrected chi connectivity index (χ4v) is 2.04. The number of hydrogen-bond acceptors (Lipinski definition) is 4. The first kappa shape index (κ1) is 14.3. The average molecular weight is 280 g/mol. The molecule has 2 rings (SSSR count). The molecule has 0 saturated carbocycles. The van der Waals surface area contributed by atoms with Crippen LogP contribution < -0.4 is 16.4 Å². The second-order valence-corrected chi connectivity index (χ2v) is 4.69. The predicted molar refractivity (Wildman–Crippen MR) is 73.5 cm³/mol. The Hall–Kier alpha value is -2.15. The molecule has 0 unspecified atom stereocenters. The highest BCUT2D eigenvalue weighted by atomic mass is 19.1. The van der Waals surface area contributed by atoms with Gasteiger partial charge in [0.25, 0.3) is 0 Å². The zero-order valence-corrected chi connectivity index (χ0v) is 11.0. The third-order valence-corrected chi connectivity index (χ3v) is 3.00. The Morgan fingerprint density at radius 2 is 2.30 bits per heavy atom. The largest absolute Gasteiger partial charge is 0.397 e. The van der Waals surface area contributed by atoms with Crippen LogP contribution >= 0.6 is 0 Å². The van der Waals surface area contributed by atoms with Crippen molar-refractivity contribution >= 4 is 23.2 Å². The molecular formula is C13H17FN4O2. The van der Waals surface area contributed by atoms with Crippen LogP contribution in [0.25, 0.3) is 0 Å². The van der Waals surface area contributed by atoms with Crippen molar-refractivity contribution in [3.05, 3.63) is 24.0 Å². The van der Waals surface area contributed by atoms with Crippen LogP contribution in [0, 0.1) is 5.82 Å². The molecule has 1 aromatic rings. The van der Waals surface area contributed by atoms with Crippen LogP contribution in [-0.4, -0.2) is 42.9 Å². The summed E-state index contributed by atoms with van der Waals surface area (Å²) in [7, 11) is 0. The van der Waals surface area contributed by atoms with Gasteiger partial charge in [0.05, 0.1) is 24.5 Å². The Balaban J connectivity index is 1.93. The van der Waals surface area contributed by atoms with E-state index in [0.717, 1.165) is 12.5 Å². The number of carbonyl (C=O) groups excluding carboxylic acids is 2. The monoisotopic (exact) mass is 280 g/mol. The summed E-state index contributed by atoms with van der Waals surface area (Å²) in [5.41, 5.74) is 6.16. The number of carbonyl (C=O) groups is 2. The average Bonchev–Trinajstić information content (AvgIpc) is 2.57. The van der Waals surface area contributed by atoms with Crippen LogP contribution in [-0.2, 0) is 9.59 Å². The number of hydrogen-bond donors (Lipinski definition) is 3. The number of nitrogens with two attached hydrogens (primary N) is 1. The number of anilines is 2. The van der Waals surface area contributed by atoms with Gasteiger partial charge in [0.15, 0.2) is 0 Å². The highest BCUT2D eigenvalue weighted by Gasteiger charge is 2.17. The lowest BCUT2D eigenvalue weighted by molar-refractivity contribution is -0.122. The molecule has 4 N–H and O–H groups in total. The van der Waals surface area contributed by atoms with Crippen LogP contribution in [0.15, 0.2) is 18.2 Å². The second-order valence-electron chi connectivity index (χ2n) is 4.69. The standard InChI is InChI=1S/C13H17FN4O2/c14-9-2-3-11(10(15)6-9)17-13(20)8-18-5-1-4-16-12(19)7-18/h2-3,6H,1,4-5,7-8,15H2,(H,16,19)(H,17,20). The molecule has 0 spiro atoms. The summed E-state index contributed by atoms with van der Waals surface area (Å²) in [6.07, 6.45) is 0.803. The van der Waals surface area contributed by atoms with E-state index in [9.17, 15) is 14.0 Å². The SMILES string of the molecule is Nc1cc(F)ccc1NC(=O)CN1CCCNC(=O)C1. The molecule has 7 heteroatoms. The van der Waals surface area contributed by atoms with E-state index in [2.05, 4.69) is 10.6 Å². The summed E-state index contributed by atoms with van der Waals surface area (Å²) >= 11 is 0. The normalized spacial score (nSPS) is 16.4. The van der Waals surface area contributed by atoms with Crippen molar-refractivity contribution in [2.75, 3.05) is 37.2 Å². The molecule has 1 aliphatic rings. The molecular weight excluding hydrogens is 263 g/mol. The van der Waals surface area contributed by atoms with Gasteiger partial charge in [-0.1, -0.05) is 0 Å². The number of nitrogen functional groups attached to an aromatic ring is 1. The lowest BCUT2D eigenvalue weighted by Crippen LogP contribution is -2.38. The minimum Gasteiger partial charge on any atom is -0.397 e. The summed E-state index contributed by atoms with van der Waals surface area (Å²) in [5, 5.41) is 5.35. The van der Waals surface area contributed by atoms with E-state index >= 15 is 0 Å². The molecule has 1 aliphatic heterocycles. The van der Waals surface area contributed by atoms with Gasteiger partial charge in [-0.05, 0) is 24.6 Å². The third kappa shape index (κ3) is 3.92. The predicted octanol–water partition coefficient (Wildman–Crippen LogP) is 0.168. The molecule has 20 heavy (non-hydrogen) atoms. The topological polar surface area (TPSA) is 87.5 Å². The molecule has 108 valence electrons. The van der Waals surface area contributed by atoms with Crippen molar-refractivity contribution in [1.82, 2.24) is 10.2 Å². The Kier molecular flexibility index (Phi) is 4.52. The quantitative estimate of drug-likeness (QED) is 0.689. The van der Waals surface area contributed by atoms with Gasteiger partial charge in [0.1, 0.15) is 5.82 Å². The van der Waals surface area contributed by atoms with Crippen LogP contribution in [0.5, 0.6) is 0 Å². The number of nitrogens with zero attached hydrogens (tertiary/aromatic N) is 1. The smallest absolute Gasteiger partial charge is 0.238 e. The van der Waals surface area contributed by atoms with Crippen molar-refractivity contribution in [3.63, 3.8) is 0 Å². The number of halogens is 1. The fourth-order valence-electron chi connectivity index (χ4n) is 2.04. The van der Waals surface area contributed by atoms with E-state index in [1.165, 1.54) is 12.1 Å². The Morgan fingerprint density at radius 1 is 1.50 bits per heavy atom. The minimum atomic E-state index is -0.454. The molecule has 2 amide bonds. The Labute approximate surface area is 116 Å². The molecule has 0 radical (unpaired) electrons. The van der Waals surface area contributed by atoms with Crippen molar-refractivity contribution in [2.45, 2.75) is 6.42 Å². The van der Waals surface area contributed by atoms with E-state index in [1.54, 1.807) is 4.90 Å². The van der Waals surface area contributed by atoms with Gasteiger partial charge in [0, 0.05) is 13.1 Å². The van der Waals surface area contributed by atoms with Gasteiger partial charge in [0.2, 0.25) is 11.8 Å². The summed E-state index contributed by atoms with van der Waals surface area (Å²) in [6.45, 7) is 1.60. The Morgan fingerprint density at radius 3 is 3.05 bits per heavy atom. The van der Waals surface area contributed by atoms with Crippen LogP contribution in [0.1, 0.15) is 6.42 Å². The van der Waals surface area contributed by atoms with Gasteiger partial charge < -0.3 is 16.4 Å². The van der Waals surface area contributed by atoms with Gasteiger partial charge in [-0.25, -0.2) is 4.39 Å². The number of amides is 2. The van der Waals surface area contributed by atoms with Crippen molar-refractivity contribution in [1.29, 1.82) is 0 Å². The number of rotatable bonds is 3. The van der Waals surface area contributed by atoms with Crippen LogP contribution in [0.2, 0.25) is 0 Å². The zero-order valence-electron chi connectivity index (χ0n) is 11.0. The van der Waals surface area contributed by atoms with E-state index in [-0.39, 0.29) is 30.6 Å². The maximum absolute atomic E-state index is 12.9. The second kappa shape index (κ2) is 6.33. The van der Waals surface area contributed by atoms with E-state index < -0.39 is 5.82 Å². The first-order chi connectivity index (χ1) is 9.54. The molecule has 1 saturated heterocycles. The van der Waals surface area contributed by atoms with Crippen LogP contribution in [0.3, 0.4) is 0 Å². The van der Waals surface area contributed by atoms with E-state index in [1.807, 2.05) is 0 Å². The van der Waals surface area contributed by atoms with Gasteiger partial charge in [-0.3, -0.25) is 14.5 Å². The Bertz CT molecular complexity index is 521. The van der Waals surface area contributed by atoms with E-state index in [0.29, 0.717) is 18.8 Å². The summed E-state index contributed by atoms with van der Waals surface area (Å²) < 4.78 is 12.9. The maximum atomic E-state index is 12.9. The molecule has 6 nitrogen and oxygen atoms in total. The fraction of sp³-hybridized carbons (Fsp3) is 0.385. The van der Waals surface area contributed by atoms with Gasteiger partial charge in [-0.2, -0.15) is 0 Å². The lowest BCUT2D eigenvalue weighted by atomic mass is 10.2. The molecule has 0 atom stereocenters.